The topological polar surface area (TPSA) is 60.9 Å². The fraction of sp³-hybridized carbons (Fsp3) is 0.600. The highest BCUT2D eigenvalue weighted by molar-refractivity contribution is 5.76. The molecule has 0 radical (unpaired) electrons. The summed E-state index contributed by atoms with van der Waals surface area (Å²) in [5.74, 6) is -0.736. The summed E-state index contributed by atoms with van der Waals surface area (Å²) in [5.41, 5.74) is 1.12. The van der Waals surface area contributed by atoms with Crippen LogP contribution in [0.25, 0.3) is 0 Å². The maximum absolute atomic E-state index is 12.0. The minimum absolute atomic E-state index is 0.0541. The number of hydrogen-bond acceptors (Lipinski definition) is 3. The highest BCUT2D eigenvalue weighted by Gasteiger charge is 2.41. The summed E-state index contributed by atoms with van der Waals surface area (Å²) >= 11 is 0. The van der Waals surface area contributed by atoms with Gasteiger partial charge in [0.05, 0.1) is 5.92 Å². The second kappa shape index (κ2) is 8.00. The molecule has 1 N–H and O–H groups in total. The zero-order chi connectivity index (χ0) is 17.8. The number of carboxylic acids is 1. The summed E-state index contributed by atoms with van der Waals surface area (Å²) in [6.45, 7) is 5.04. The largest absolute Gasteiger partial charge is 0.481 e. The number of piperidine rings is 1. The van der Waals surface area contributed by atoms with Crippen molar-refractivity contribution in [3.05, 3.63) is 35.9 Å². The van der Waals surface area contributed by atoms with Crippen LogP contribution in [0.2, 0.25) is 0 Å². The molecular weight excluding hydrogens is 316 g/mol. The number of hydrogen-bond donors (Lipinski definition) is 1. The minimum atomic E-state index is -0.702. The molecule has 0 bridgehead atoms. The fourth-order valence-electron chi connectivity index (χ4n) is 4.27. The van der Waals surface area contributed by atoms with Crippen LogP contribution in [0.5, 0.6) is 0 Å². The molecule has 2 heterocycles. The molecule has 1 amide bonds. The molecule has 1 aromatic rings. The molecule has 2 aliphatic heterocycles. The Balaban J connectivity index is 1.63. The molecule has 5 heteroatoms. The Morgan fingerprint density at radius 2 is 1.80 bits per heavy atom. The first-order valence-electron chi connectivity index (χ1n) is 9.39. The van der Waals surface area contributed by atoms with Crippen LogP contribution >= 0.6 is 0 Å². The molecule has 0 unspecified atom stereocenters. The Bertz CT molecular complexity index is 596. The number of likely N-dealkylation sites (tertiary alicyclic amines) is 2. The molecule has 0 spiro atoms. The van der Waals surface area contributed by atoms with Gasteiger partial charge in [-0.05, 0) is 24.8 Å². The summed E-state index contributed by atoms with van der Waals surface area (Å²) in [6.07, 6.45) is 3.42. The van der Waals surface area contributed by atoms with E-state index in [1.165, 1.54) is 0 Å². The van der Waals surface area contributed by atoms with Gasteiger partial charge in [0, 0.05) is 44.6 Å². The SMILES string of the molecule is CCCC(=O)N1CCC(N2C[C@H](C(=O)O)[C@@H](c3ccccc3)C2)CC1. The first-order valence-corrected chi connectivity index (χ1v) is 9.39. The van der Waals surface area contributed by atoms with E-state index >= 15 is 0 Å². The van der Waals surface area contributed by atoms with E-state index in [1.807, 2.05) is 42.2 Å². The lowest BCUT2D eigenvalue weighted by Gasteiger charge is -2.37. The predicted octanol–water partition coefficient (Wildman–Crippen LogP) is 2.58. The average Bonchev–Trinajstić information content (AvgIpc) is 3.08. The van der Waals surface area contributed by atoms with Crippen molar-refractivity contribution in [2.75, 3.05) is 26.2 Å². The molecule has 1 aromatic carbocycles. The molecular formula is C20H28N2O3. The Labute approximate surface area is 149 Å². The lowest BCUT2D eigenvalue weighted by molar-refractivity contribution is -0.141. The van der Waals surface area contributed by atoms with Gasteiger partial charge in [0.15, 0.2) is 0 Å². The molecule has 2 saturated heterocycles. The zero-order valence-electron chi connectivity index (χ0n) is 14.9. The second-order valence-electron chi connectivity index (χ2n) is 7.28. The van der Waals surface area contributed by atoms with Crippen LogP contribution in [0.15, 0.2) is 30.3 Å². The van der Waals surface area contributed by atoms with E-state index in [0.29, 0.717) is 19.0 Å². The Hall–Kier alpha value is -1.88. The third-order valence-corrected chi connectivity index (χ3v) is 5.69. The van der Waals surface area contributed by atoms with E-state index in [-0.39, 0.29) is 17.7 Å². The first-order chi connectivity index (χ1) is 12.1. The van der Waals surface area contributed by atoms with E-state index in [1.54, 1.807) is 0 Å². The lowest BCUT2D eigenvalue weighted by atomic mass is 9.89. The van der Waals surface area contributed by atoms with Crippen LogP contribution in [0.4, 0.5) is 0 Å². The van der Waals surface area contributed by atoms with E-state index in [4.69, 9.17) is 0 Å². The van der Waals surface area contributed by atoms with Gasteiger partial charge in [-0.25, -0.2) is 0 Å². The molecule has 2 fully saturated rings. The summed E-state index contributed by atoms with van der Waals surface area (Å²) < 4.78 is 0. The van der Waals surface area contributed by atoms with Gasteiger partial charge >= 0.3 is 5.97 Å². The second-order valence-corrected chi connectivity index (χ2v) is 7.28. The smallest absolute Gasteiger partial charge is 0.308 e. The molecule has 3 rings (SSSR count). The highest BCUT2D eigenvalue weighted by atomic mass is 16.4. The number of rotatable bonds is 5. The van der Waals surface area contributed by atoms with Crippen LogP contribution < -0.4 is 0 Å². The van der Waals surface area contributed by atoms with Crippen LogP contribution in [0.3, 0.4) is 0 Å². The Morgan fingerprint density at radius 1 is 1.12 bits per heavy atom. The fourth-order valence-corrected chi connectivity index (χ4v) is 4.27. The van der Waals surface area contributed by atoms with E-state index < -0.39 is 5.97 Å². The first kappa shape index (κ1) is 17.9. The van der Waals surface area contributed by atoms with Crippen molar-refractivity contribution in [3.8, 4) is 0 Å². The zero-order valence-corrected chi connectivity index (χ0v) is 14.9. The minimum Gasteiger partial charge on any atom is -0.481 e. The van der Waals surface area contributed by atoms with Crippen molar-refractivity contribution in [3.63, 3.8) is 0 Å². The standard InChI is InChI=1S/C20H28N2O3/c1-2-6-19(23)21-11-9-16(10-12-21)22-13-17(18(14-22)20(24)25)15-7-4-3-5-8-15/h3-5,7-8,16-18H,2,6,9-14H2,1H3,(H,24,25)/t17-,18+/m1/s1. The normalized spacial score (nSPS) is 25.2. The van der Waals surface area contributed by atoms with Crippen molar-refractivity contribution >= 4 is 11.9 Å². The summed E-state index contributed by atoms with van der Waals surface area (Å²) in [7, 11) is 0. The molecule has 0 saturated carbocycles. The third kappa shape index (κ3) is 4.03. The third-order valence-electron chi connectivity index (χ3n) is 5.69. The Kier molecular flexibility index (Phi) is 5.74. The van der Waals surface area contributed by atoms with Crippen molar-refractivity contribution in [1.82, 2.24) is 9.80 Å². The molecule has 2 atom stereocenters. The quantitative estimate of drug-likeness (QED) is 0.892. The van der Waals surface area contributed by atoms with Crippen LogP contribution in [-0.4, -0.2) is 59.0 Å². The maximum Gasteiger partial charge on any atom is 0.308 e. The lowest BCUT2D eigenvalue weighted by Crippen LogP contribution is -2.46. The predicted molar refractivity (Wildman–Crippen MR) is 96.4 cm³/mol. The summed E-state index contributed by atoms with van der Waals surface area (Å²) in [4.78, 5) is 28.1. The van der Waals surface area contributed by atoms with E-state index in [9.17, 15) is 14.7 Å². The van der Waals surface area contributed by atoms with Gasteiger partial charge in [-0.2, -0.15) is 0 Å². The van der Waals surface area contributed by atoms with Gasteiger partial charge in [0.2, 0.25) is 5.91 Å². The molecule has 2 aliphatic rings. The number of amides is 1. The van der Waals surface area contributed by atoms with Crippen molar-refractivity contribution in [1.29, 1.82) is 0 Å². The van der Waals surface area contributed by atoms with Gasteiger partial charge in [-0.15, -0.1) is 0 Å². The Morgan fingerprint density at radius 3 is 2.40 bits per heavy atom. The van der Waals surface area contributed by atoms with Gasteiger partial charge < -0.3 is 10.0 Å². The number of aliphatic carboxylic acids is 1. The van der Waals surface area contributed by atoms with E-state index in [0.717, 1.165) is 44.5 Å². The molecule has 136 valence electrons. The summed E-state index contributed by atoms with van der Waals surface area (Å²) in [6, 6.07) is 10.4. The van der Waals surface area contributed by atoms with Gasteiger partial charge in [-0.1, -0.05) is 37.3 Å². The molecule has 0 aromatic heterocycles. The van der Waals surface area contributed by atoms with Crippen LogP contribution in [-0.2, 0) is 9.59 Å². The molecule has 25 heavy (non-hydrogen) atoms. The van der Waals surface area contributed by atoms with Crippen molar-refractivity contribution in [2.45, 2.75) is 44.6 Å². The highest BCUT2D eigenvalue weighted by Crippen LogP contribution is 2.35. The maximum atomic E-state index is 12.0. The van der Waals surface area contributed by atoms with Gasteiger partial charge in [0.25, 0.3) is 0 Å². The van der Waals surface area contributed by atoms with Gasteiger partial charge in [-0.3, -0.25) is 14.5 Å². The molecule has 5 nitrogen and oxygen atoms in total. The number of carboxylic acid groups (broad SMARTS) is 1. The average molecular weight is 344 g/mol. The van der Waals surface area contributed by atoms with Crippen LogP contribution in [0.1, 0.15) is 44.1 Å². The summed E-state index contributed by atoms with van der Waals surface area (Å²) in [5, 5.41) is 9.66. The monoisotopic (exact) mass is 344 g/mol. The van der Waals surface area contributed by atoms with E-state index in [2.05, 4.69) is 4.90 Å². The van der Waals surface area contributed by atoms with Crippen LogP contribution in [0, 0.1) is 5.92 Å². The van der Waals surface area contributed by atoms with Gasteiger partial charge in [0.1, 0.15) is 0 Å². The number of nitrogens with zero attached hydrogens (tertiary/aromatic N) is 2. The number of carbonyl (C=O) groups is 2. The molecule has 0 aliphatic carbocycles. The number of carbonyl (C=O) groups excluding carboxylic acids is 1. The van der Waals surface area contributed by atoms with Crippen molar-refractivity contribution < 1.29 is 14.7 Å². The van der Waals surface area contributed by atoms with Crippen molar-refractivity contribution in [2.24, 2.45) is 5.92 Å². The number of benzene rings is 1.